The summed E-state index contributed by atoms with van der Waals surface area (Å²) in [7, 11) is 0. The van der Waals surface area contributed by atoms with Gasteiger partial charge >= 0.3 is 18.1 Å². The van der Waals surface area contributed by atoms with Crippen LogP contribution in [-0.2, 0) is 25.6 Å². The van der Waals surface area contributed by atoms with E-state index in [4.69, 9.17) is 15.0 Å². The molecule has 0 atom stereocenters. The zero-order valence-electron chi connectivity index (χ0n) is 17.2. The lowest BCUT2D eigenvalue weighted by molar-refractivity contribution is -0.192. The Morgan fingerprint density at radius 2 is 1.53 bits per heavy atom. The molecule has 9 nitrogen and oxygen atoms in total. The molecule has 3 heterocycles. The molecule has 0 radical (unpaired) electrons. The second kappa shape index (κ2) is 10.5. The molecule has 1 aromatic rings. The van der Waals surface area contributed by atoms with Crippen molar-refractivity contribution in [1.82, 2.24) is 14.8 Å². The fourth-order valence-electron chi connectivity index (χ4n) is 3.79. The normalized spacial score (nSPS) is 18.8. The lowest BCUT2D eigenvalue weighted by atomic mass is 9.70. The minimum Gasteiger partial charge on any atom is -0.480 e. The van der Waals surface area contributed by atoms with E-state index in [1.54, 1.807) is 12.4 Å². The van der Waals surface area contributed by atoms with Crippen molar-refractivity contribution < 1.29 is 42.6 Å². The third-order valence-corrected chi connectivity index (χ3v) is 5.57. The Balaban J connectivity index is 0.000000451. The van der Waals surface area contributed by atoms with E-state index < -0.39 is 24.7 Å². The molecular weight excluding hydrogens is 435 g/mol. The monoisotopic (exact) mass is 459 g/mol. The summed E-state index contributed by atoms with van der Waals surface area (Å²) in [6.45, 7) is 2.16. The van der Waals surface area contributed by atoms with Crippen molar-refractivity contribution in [2.75, 3.05) is 26.2 Å². The third kappa shape index (κ3) is 7.29. The van der Waals surface area contributed by atoms with Crippen molar-refractivity contribution in [3.05, 3.63) is 30.1 Å². The summed E-state index contributed by atoms with van der Waals surface area (Å²) in [5.74, 6) is -4.59. The van der Waals surface area contributed by atoms with E-state index >= 15 is 0 Å². The summed E-state index contributed by atoms with van der Waals surface area (Å²) >= 11 is 0. The van der Waals surface area contributed by atoms with Gasteiger partial charge in [0, 0.05) is 31.8 Å². The van der Waals surface area contributed by atoms with E-state index in [-0.39, 0.29) is 30.1 Å². The molecule has 2 amide bonds. The summed E-state index contributed by atoms with van der Waals surface area (Å²) in [5, 5.41) is 16.0. The van der Waals surface area contributed by atoms with Gasteiger partial charge in [-0.2, -0.15) is 13.2 Å². The molecule has 0 aliphatic carbocycles. The highest BCUT2D eigenvalue weighted by molar-refractivity contribution is 6.00. The van der Waals surface area contributed by atoms with Gasteiger partial charge in [0.05, 0.1) is 0 Å². The first kappa shape index (κ1) is 25.2. The molecule has 2 saturated heterocycles. The van der Waals surface area contributed by atoms with E-state index in [2.05, 4.69) is 9.88 Å². The molecular formula is C20H24F3N3O6. The summed E-state index contributed by atoms with van der Waals surface area (Å²) in [5.41, 5.74) is 0.971. The molecule has 1 spiro atoms. The van der Waals surface area contributed by atoms with E-state index in [9.17, 15) is 27.6 Å². The standard InChI is InChI=1S/C18H23N3O4.C2HF3O2/c22-15-11-18(12-16(23)21(15)13-17(24)25)4-9-20(10-5-18)8-3-14-1-6-19-7-2-14;3-2(4,5)1(6)7/h1-2,6-7H,3-5,8-13H2,(H,24,25);(H,6,7). The van der Waals surface area contributed by atoms with Crippen molar-refractivity contribution in [1.29, 1.82) is 0 Å². The van der Waals surface area contributed by atoms with Crippen molar-refractivity contribution in [3.63, 3.8) is 0 Å². The number of piperidine rings is 2. The number of carboxylic acid groups (broad SMARTS) is 2. The molecule has 12 heteroatoms. The number of carbonyl (C=O) groups excluding carboxylic acids is 2. The van der Waals surface area contributed by atoms with Gasteiger partial charge < -0.3 is 15.1 Å². The predicted octanol–water partition coefficient (Wildman–Crippen LogP) is 1.57. The number of amides is 2. The average Bonchev–Trinajstić information content (AvgIpc) is 2.71. The van der Waals surface area contributed by atoms with Crippen LogP contribution in [0.25, 0.3) is 0 Å². The van der Waals surface area contributed by atoms with Gasteiger partial charge in [-0.05, 0) is 55.5 Å². The topological polar surface area (TPSA) is 128 Å². The first-order chi connectivity index (χ1) is 14.9. The number of carbonyl (C=O) groups is 4. The third-order valence-electron chi connectivity index (χ3n) is 5.57. The average molecular weight is 459 g/mol. The minimum atomic E-state index is -5.08. The maximum atomic E-state index is 12.2. The van der Waals surface area contributed by atoms with Gasteiger partial charge in [0.25, 0.3) is 0 Å². The number of nitrogens with zero attached hydrogens (tertiary/aromatic N) is 3. The van der Waals surface area contributed by atoms with E-state index in [0.717, 1.165) is 43.8 Å². The zero-order valence-corrected chi connectivity index (χ0v) is 17.2. The summed E-state index contributed by atoms with van der Waals surface area (Å²) in [6, 6.07) is 4.03. The maximum absolute atomic E-state index is 12.2. The SMILES string of the molecule is O=C(O)C(F)(F)F.O=C(O)CN1C(=O)CC2(CCN(CCc3ccncc3)CC2)CC1=O. The number of pyridine rings is 1. The molecule has 176 valence electrons. The number of hydrogen-bond acceptors (Lipinski definition) is 6. The summed E-state index contributed by atoms with van der Waals surface area (Å²) < 4.78 is 31.7. The van der Waals surface area contributed by atoms with Crippen molar-refractivity contribution in [2.45, 2.75) is 38.3 Å². The smallest absolute Gasteiger partial charge is 0.480 e. The zero-order chi connectivity index (χ0) is 23.9. The van der Waals surface area contributed by atoms with Gasteiger partial charge in [-0.25, -0.2) is 4.79 Å². The van der Waals surface area contributed by atoms with Gasteiger partial charge in [-0.15, -0.1) is 0 Å². The number of aromatic nitrogens is 1. The molecule has 3 rings (SSSR count). The number of imide groups is 1. The Morgan fingerprint density at radius 3 is 1.97 bits per heavy atom. The number of alkyl halides is 3. The molecule has 2 N–H and O–H groups in total. The largest absolute Gasteiger partial charge is 0.490 e. The highest BCUT2D eigenvalue weighted by atomic mass is 19.4. The maximum Gasteiger partial charge on any atom is 0.490 e. The molecule has 2 aliphatic heterocycles. The number of halogens is 3. The Labute approximate surface area is 181 Å². The Hall–Kier alpha value is -3.02. The first-order valence-electron chi connectivity index (χ1n) is 9.88. The fourth-order valence-corrected chi connectivity index (χ4v) is 3.79. The Morgan fingerprint density at radius 1 is 1.03 bits per heavy atom. The predicted molar refractivity (Wildman–Crippen MR) is 103 cm³/mol. The van der Waals surface area contributed by atoms with Gasteiger partial charge in [0.15, 0.2) is 0 Å². The second-order valence-corrected chi connectivity index (χ2v) is 7.87. The minimum absolute atomic E-state index is 0.281. The number of hydrogen-bond donors (Lipinski definition) is 2. The fraction of sp³-hybridized carbons (Fsp3) is 0.550. The van der Waals surface area contributed by atoms with E-state index in [0.29, 0.717) is 0 Å². The van der Waals surface area contributed by atoms with Gasteiger partial charge in [0.2, 0.25) is 11.8 Å². The van der Waals surface area contributed by atoms with Crippen LogP contribution < -0.4 is 0 Å². The van der Waals surface area contributed by atoms with Gasteiger partial charge in [0.1, 0.15) is 6.54 Å². The number of rotatable bonds is 5. The number of carboxylic acids is 2. The summed E-state index contributed by atoms with van der Waals surface area (Å²) in [4.78, 5) is 51.4. The van der Waals surface area contributed by atoms with Crippen molar-refractivity contribution in [3.8, 4) is 0 Å². The van der Waals surface area contributed by atoms with Crippen LogP contribution in [0.3, 0.4) is 0 Å². The van der Waals surface area contributed by atoms with Gasteiger partial charge in [-0.1, -0.05) is 0 Å². The summed E-state index contributed by atoms with van der Waals surface area (Å²) in [6.07, 6.45) is 1.64. The molecule has 1 aromatic heterocycles. The van der Waals surface area contributed by atoms with Crippen LogP contribution in [0.2, 0.25) is 0 Å². The lowest BCUT2D eigenvalue weighted by Crippen LogP contribution is -2.53. The number of aliphatic carboxylic acids is 2. The highest BCUT2D eigenvalue weighted by Crippen LogP contribution is 2.42. The van der Waals surface area contributed by atoms with Crippen LogP contribution in [0.1, 0.15) is 31.2 Å². The van der Waals surface area contributed by atoms with Crippen LogP contribution in [0.15, 0.2) is 24.5 Å². The first-order valence-corrected chi connectivity index (χ1v) is 9.88. The van der Waals surface area contributed by atoms with Crippen LogP contribution in [0.4, 0.5) is 13.2 Å². The molecule has 0 saturated carbocycles. The van der Waals surface area contributed by atoms with Crippen LogP contribution >= 0.6 is 0 Å². The van der Waals surface area contributed by atoms with E-state index in [1.165, 1.54) is 5.56 Å². The van der Waals surface area contributed by atoms with Crippen molar-refractivity contribution >= 4 is 23.8 Å². The molecule has 0 aromatic carbocycles. The van der Waals surface area contributed by atoms with E-state index in [1.807, 2.05) is 12.1 Å². The van der Waals surface area contributed by atoms with Crippen molar-refractivity contribution in [2.24, 2.45) is 5.41 Å². The lowest BCUT2D eigenvalue weighted by Gasteiger charge is -2.45. The molecule has 0 unspecified atom stereocenters. The molecule has 2 aliphatic rings. The molecule has 32 heavy (non-hydrogen) atoms. The van der Waals surface area contributed by atoms with Crippen LogP contribution in [0, 0.1) is 5.41 Å². The Bertz CT molecular complexity index is 819. The van der Waals surface area contributed by atoms with Crippen LogP contribution in [-0.4, -0.2) is 81.1 Å². The van der Waals surface area contributed by atoms with Crippen LogP contribution in [0.5, 0.6) is 0 Å². The van der Waals surface area contributed by atoms with Gasteiger partial charge in [-0.3, -0.25) is 24.3 Å². The second-order valence-electron chi connectivity index (χ2n) is 7.87. The number of likely N-dealkylation sites (tertiary alicyclic amines) is 2. The molecule has 0 bridgehead atoms. The molecule has 2 fully saturated rings. The Kier molecular flexibility index (Phi) is 8.31. The highest BCUT2D eigenvalue weighted by Gasteiger charge is 2.45. The quantitative estimate of drug-likeness (QED) is 0.635.